The number of imide groups is 2. The average Bonchev–Trinajstić information content (AvgIpc) is 4.01. The average molecular weight is 900 g/mol. The van der Waals surface area contributed by atoms with E-state index in [4.69, 9.17) is 19.6 Å². The zero-order valence-corrected chi connectivity index (χ0v) is 34.3. The normalized spacial score (nSPS) is 14.9. The van der Waals surface area contributed by atoms with Gasteiger partial charge in [-0.15, -0.1) is 0 Å². The molecule has 1 fully saturated rings. The van der Waals surface area contributed by atoms with Crippen LogP contribution in [0.2, 0.25) is 0 Å². The van der Waals surface area contributed by atoms with Crippen LogP contribution in [0.5, 0.6) is 0 Å². The second-order valence-corrected chi connectivity index (χ2v) is 14.8. The number of hydrogen-bond acceptors (Lipinski definition) is 14. The van der Waals surface area contributed by atoms with Crippen LogP contribution in [0.3, 0.4) is 0 Å². The van der Waals surface area contributed by atoms with Gasteiger partial charge in [0.25, 0.3) is 23.6 Å². The van der Waals surface area contributed by atoms with E-state index in [9.17, 15) is 46.7 Å². The smallest absolute Gasteiger partial charge is 0.405 e. The number of halogens is 3. The molecule has 22 heteroatoms. The molecule has 5 heterocycles. The number of amides is 6. The SMILES string of the molecule is NC(=O)c1nn(-c2ccc(C(=O)CCCOCCOCCCc3cccc4c3C(=O)N(C3CCC(=O)NC3=O)C4=O)cc2)cc1NC(=O)c1coc(-c2ccnc(NCC(F)(F)F)c2)n1. The minimum Gasteiger partial charge on any atom is -0.444 e. The van der Waals surface area contributed by atoms with E-state index in [0.717, 1.165) is 11.2 Å². The highest BCUT2D eigenvalue weighted by Gasteiger charge is 2.45. The van der Waals surface area contributed by atoms with E-state index in [1.165, 1.54) is 29.2 Å². The number of nitrogens with two attached hydrogens (primary N) is 1. The number of rotatable bonds is 20. The molecule has 6 amide bonds. The minimum absolute atomic E-state index is 0.0397. The number of piperidine rings is 1. The number of aryl methyl sites for hydroxylation is 1. The minimum atomic E-state index is -4.46. The number of carbonyl (C=O) groups is 7. The molecule has 0 saturated carbocycles. The van der Waals surface area contributed by atoms with E-state index in [2.05, 4.69) is 31.0 Å². The fraction of sp³-hybridized carbons (Fsp3) is 0.302. The van der Waals surface area contributed by atoms with Crippen molar-refractivity contribution in [2.75, 3.05) is 43.6 Å². The topological polar surface area (TPSA) is 260 Å². The van der Waals surface area contributed by atoms with Crippen LogP contribution >= 0.6 is 0 Å². The number of benzene rings is 2. The lowest BCUT2D eigenvalue weighted by Gasteiger charge is -2.27. The quantitative estimate of drug-likeness (QED) is 0.0483. The van der Waals surface area contributed by atoms with E-state index in [1.807, 2.05) is 0 Å². The Bertz CT molecular complexity index is 2650. The maximum atomic E-state index is 13.3. The number of aromatic nitrogens is 4. The summed E-state index contributed by atoms with van der Waals surface area (Å²) in [5.74, 6) is -4.25. The highest BCUT2D eigenvalue weighted by molar-refractivity contribution is 6.24. The van der Waals surface area contributed by atoms with E-state index < -0.39 is 54.2 Å². The standard InChI is InChI=1S/C43H40F3N9O10/c44-43(45,46)23-49-33-20-26(14-15-48-33)40-51-30(22-65-40)38(59)50-29-21-54(53-36(29)37(47)58)27-10-8-24(9-11-27)32(56)7-3-17-64-19-18-63-16-2-5-25-4-1-6-28-35(25)42(62)55(41(28)61)31-12-13-34(57)52-39(31)60/h1,4,6,8-11,14-15,20-22,31H,2-3,5,7,12-13,16-19,23H2,(H2,47,58)(H,48,49)(H,50,59)(H,52,57,60). The van der Waals surface area contributed by atoms with Crippen molar-refractivity contribution in [3.05, 3.63) is 107 Å². The van der Waals surface area contributed by atoms with Gasteiger partial charge in [-0.2, -0.15) is 18.3 Å². The molecule has 5 N–H and O–H groups in total. The van der Waals surface area contributed by atoms with Crippen LogP contribution < -0.4 is 21.7 Å². The number of oxazole rings is 1. The molecule has 1 atom stereocenters. The molecule has 65 heavy (non-hydrogen) atoms. The van der Waals surface area contributed by atoms with Gasteiger partial charge in [-0.1, -0.05) is 12.1 Å². The number of fused-ring (bicyclic) bond motifs is 1. The van der Waals surface area contributed by atoms with Crippen molar-refractivity contribution in [1.29, 1.82) is 0 Å². The molecule has 1 unspecified atom stereocenters. The summed E-state index contributed by atoms with van der Waals surface area (Å²) in [6, 6.07) is 13.0. The zero-order chi connectivity index (χ0) is 46.3. The third-order valence-corrected chi connectivity index (χ3v) is 10.2. The number of primary amides is 1. The first-order valence-corrected chi connectivity index (χ1v) is 20.2. The summed E-state index contributed by atoms with van der Waals surface area (Å²) in [7, 11) is 0. The Kier molecular flexibility index (Phi) is 13.9. The second-order valence-electron chi connectivity index (χ2n) is 14.8. The van der Waals surface area contributed by atoms with Crippen molar-refractivity contribution in [2.45, 2.75) is 50.7 Å². The van der Waals surface area contributed by atoms with Gasteiger partial charge in [0.1, 0.15) is 24.7 Å². The summed E-state index contributed by atoms with van der Waals surface area (Å²) in [6.45, 7) is -0.0520. The lowest BCUT2D eigenvalue weighted by atomic mass is 9.99. The summed E-state index contributed by atoms with van der Waals surface area (Å²) < 4.78 is 55.8. The summed E-state index contributed by atoms with van der Waals surface area (Å²) >= 11 is 0. The predicted molar refractivity (Wildman–Crippen MR) is 221 cm³/mol. The van der Waals surface area contributed by atoms with Crippen molar-refractivity contribution in [2.24, 2.45) is 5.73 Å². The molecule has 19 nitrogen and oxygen atoms in total. The third kappa shape index (κ3) is 11.0. The monoisotopic (exact) mass is 899 g/mol. The number of anilines is 2. The molecule has 2 aromatic carbocycles. The zero-order valence-electron chi connectivity index (χ0n) is 34.3. The summed E-state index contributed by atoms with van der Waals surface area (Å²) in [5, 5.41) is 11.0. The molecule has 0 aliphatic carbocycles. The Morgan fingerprint density at radius 2 is 1.71 bits per heavy atom. The molecule has 338 valence electrons. The number of hydrogen-bond donors (Lipinski definition) is 4. The number of carbonyl (C=O) groups excluding carboxylic acids is 7. The number of nitrogens with zero attached hydrogens (tertiary/aromatic N) is 5. The number of nitrogens with one attached hydrogen (secondary N) is 3. The highest BCUT2D eigenvalue weighted by Crippen LogP contribution is 2.31. The number of alkyl halides is 3. The van der Waals surface area contributed by atoms with Crippen molar-refractivity contribution in [1.82, 2.24) is 30.0 Å². The van der Waals surface area contributed by atoms with Crippen LogP contribution in [-0.4, -0.2) is 111 Å². The van der Waals surface area contributed by atoms with Crippen molar-refractivity contribution >= 4 is 52.7 Å². The van der Waals surface area contributed by atoms with Crippen LogP contribution in [0.15, 0.2) is 77.7 Å². The Morgan fingerprint density at radius 3 is 2.43 bits per heavy atom. The Morgan fingerprint density at radius 1 is 0.954 bits per heavy atom. The third-order valence-electron chi connectivity index (χ3n) is 10.2. The lowest BCUT2D eigenvalue weighted by molar-refractivity contribution is -0.136. The lowest BCUT2D eigenvalue weighted by Crippen LogP contribution is -2.54. The van der Waals surface area contributed by atoms with Gasteiger partial charge in [0, 0.05) is 43.4 Å². The second kappa shape index (κ2) is 19.8. The highest BCUT2D eigenvalue weighted by atomic mass is 19.4. The Hall–Kier alpha value is -7.59. The van der Waals surface area contributed by atoms with Gasteiger partial charge in [-0.3, -0.25) is 43.8 Å². The Labute approximate surface area is 366 Å². The first-order valence-electron chi connectivity index (χ1n) is 20.2. The van der Waals surface area contributed by atoms with Crippen LogP contribution in [0, 0.1) is 0 Å². The van der Waals surface area contributed by atoms with Gasteiger partial charge in [0.05, 0.1) is 41.9 Å². The largest absolute Gasteiger partial charge is 0.444 e. The summed E-state index contributed by atoms with van der Waals surface area (Å²) in [4.78, 5) is 97.3. The number of ether oxygens (including phenoxy) is 2. The molecular formula is C43H40F3N9O10. The maximum Gasteiger partial charge on any atom is 0.405 e. The first kappa shape index (κ1) is 45.4. The van der Waals surface area contributed by atoms with Gasteiger partial charge >= 0.3 is 6.18 Å². The summed E-state index contributed by atoms with van der Waals surface area (Å²) in [6.07, 6.45) is 0.931. The molecular weight excluding hydrogens is 860 g/mol. The Balaban J connectivity index is 0.819. The van der Waals surface area contributed by atoms with Gasteiger partial charge in [0.2, 0.25) is 17.7 Å². The van der Waals surface area contributed by atoms with E-state index in [0.29, 0.717) is 55.9 Å². The predicted octanol–water partition coefficient (Wildman–Crippen LogP) is 4.28. The molecule has 7 rings (SSSR count). The molecule has 0 bridgehead atoms. The van der Waals surface area contributed by atoms with Gasteiger partial charge in [-0.05, 0) is 73.7 Å². The fourth-order valence-electron chi connectivity index (χ4n) is 7.09. The number of Topliss-reactive ketones (excluding diaryl/α,β-unsaturated/α-hetero) is 1. The van der Waals surface area contributed by atoms with E-state index >= 15 is 0 Å². The van der Waals surface area contributed by atoms with E-state index in [-0.39, 0.29) is 77.1 Å². The molecule has 2 aliphatic rings. The van der Waals surface area contributed by atoms with Crippen molar-refractivity contribution in [3.8, 4) is 17.1 Å². The van der Waals surface area contributed by atoms with Crippen LogP contribution in [0.4, 0.5) is 24.7 Å². The van der Waals surface area contributed by atoms with Crippen LogP contribution in [0.1, 0.15) is 89.7 Å². The first-order chi connectivity index (χ1) is 31.2. The van der Waals surface area contributed by atoms with Gasteiger partial charge < -0.3 is 30.3 Å². The molecule has 3 aromatic heterocycles. The maximum absolute atomic E-state index is 13.3. The fourth-order valence-corrected chi connectivity index (χ4v) is 7.09. The molecule has 2 aliphatic heterocycles. The van der Waals surface area contributed by atoms with Crippen molar-refractivity contribution < 1.29 is 60.6 Å². The van der Waals surface area contributed by atoms with Crippen LogP contribution in [-0.2, 0) is 25.5 Å². The number of pyridine rings is 1. The number of ketones is 1. The molecule has 0 radical (unpaired) electrons. The molecule has 1 saturated heterocycles. The van der Waals surface area contributed by atoms with Gasteiger partial charge in [0.15, 0.2) is 17.2 Å². The van der Waals surface area contributed by atoms with Crippen molar-refractivity contribution in [3.63, 3.8) is 0 Å². The van der Waals surface area contributed by atoms with E-state index in [1.54, 1.807) is 42.5 Å². The molecule has 5 aromatic rings. The summed E-state index contributed by atoms with van der Waals surface area (Å²) in [5.41, 5.74) is 7.26. The molecule has 0 spiro atoms. The van der Waals surface area contributed by atoms with Crippen LogP contribution in [0.25, 0.3) is 17.1 Å². The van der Waals surface area contributed by atoms with Gasteiger partial charge in [-0.25, -0.2) is 14.6 Å².